The second-order valence-corrected chi connectivity index (χ2v) is 5.58. The Hall–Kier alpha value is -1.18. The molecular formula is C18H27NOS. The molecule has 0 N–H and O–H groups in total. The Morgan fingerprint density at radius 1 is 0.905 bits per heavy atom. The van der Waals surface area contributed by atoms with Gasteiger partial charge in [0, 0.05) is 6.54 Å². The van der Waals surface area contributed by atoms with Gasteiger partial charge in [0.15, 0.2) is 0 Å². The van der Waals surface area contributed by atoms with Gasteiger partial charge in [-0.05, 0) is 49.2 Å². The largest absolute Gasteiger partial charge is 0.497 e. The maximum Gasteiger partial charge on any atom is 0.118 e. The van der Waals surface area contributed by atoms with Crippen LogP contribution in [0.25, 0.3) is 0 Å². The van der Waals surface area contributed by atoms with Crippen LogP contribution in [0.1, 0.15) is 56.9 Å². The maximum atomic E-state index is 5.17. The topological polar surface area (TPSA) is 21.6 Å². The minimum Gasteiger partial charge on any atom is -0.497 e. The van der Waals surface area contributed by atoms with Crippen molar-refractivity contribution >= 4 is 17.4 Å². The fourth-order valence-electron chi connectivity index (χ4n) is 2.42. The molecule has 116 valence electrons. The Labute approximate surface area is 134 Å². The third kappa shape index (κ3) is 9.38. The fraction of sp³-hybridized carbons (Fsp3) is 0.611. The normalized spacial score (nSPS) is 10.1. The second-order valence-electron chi connectivity index (χ2n) is 5.40. The van der Waals surface area contributed by atoms with Crippen molar-refractivity contribution in [1.29, 1.82) is 0 Å². The van der Waals surface area contributed by atoms with E-state index in [0.29, 0.717) is 0 Å². The van der Waals surface area contributed by atoms with Crippen LogP contribution in [0.4, 0.5) is 0 Å². The van der Waals surface area contributed by atoms with Crippen LogP contribution >= 0.6 is 12.2 Å². The van der Waals surface area contributed by atoms with E-state index >= 15 is 0 Å². The summed E-state index contributed by atoms with van der Waals surface area (Å²) in [5.74, 6) is 0.940. The Balaban J connectivity index is 1.91. The van der Waals surface area contributed by atoms with E-state index in [1.165, 1.54) is 56.9 Å². The number of ether oxygens (including phenoxy) is 1. The van der Waals surface area contributed by atoms with E-state index in [4.69, 9.17) is 4.74 Å². The third-order valence-electron chi connectivity index (χ3n) is 3.71. The molecule has 0 unspecified atom stereocenters. The van der Waals surface area contributed by atoms with Gasteiger partial charge in [0.05, 0.1) is 12.3 Å². The van der Waals surface area contributed by atoms with Gasteiger partial charge in [-0.15, -0.1) is 0 Å². The molecule has 0 aliphatic carbocycles. The van der Waals surface area contributed by atoms with Crippen molar-refractivity contribution in [2.75, 3.05) is 13.7 Å². The molecule has 0 saturated heterocycles. The standard InChI is InChI=1S/C18H27NOS/c1-20-18-13-11-17(12-14-18)10-8-6-4-2-3-5-7-9-15-19-16-21/h11-14H,2-10,15H2,1H3. The summed E-state index contributed by atoms with van der Waals surface area (Å²) in [7, 11) is 1.71. The van der Waals surface area contributed by atoms with Crippen LogP contribution in [-0.4, -0.2) is 18.8 Å². The summed E-state index contributed by atoms with van der Waals surface area (Å²) in [5.41, 5.74) is 1.41. The number of hydrogen-bond donors (Lipinski definition) is 0. The van der Waals surface area contributed by atoms with E-state index in [0.717, 1.165) is 18.7 Å². The number of rotatable bonds is 12. The highest BCUT2D eigenvalue weighted by molar-refractivity contribution is 7.78. The van der Waals surface area contributed by atoms with Crippen LogP contribution in [-0.2, 0) is 6.42 Å². The number of unbranched alkanes of at least 4 members (excludes halogenated alkanes) is 7. The molecule has 0 aliphatic rings. The van der Waals surface area contributed by atoms with Crippen molar-refractivity contribution in [2.45, 2.75) is 57.8 Å². The first-order valence-corrected chi connectivity index (χ1v) is 8.44. The average molecular weight is 305 g/mol. The molecular weight excluding hydrogens is 278 g/mol. The highest BCUT2D eigenvalue weighted by Gasteiger charge is 1.96. The molecule has 1 aromatic carbocycles. The summed E-state index contributed by atoms with van der Waals surface area (Å²) in [6.07, 6.45) is 11.6. The van der Waals surface area contributed by atoms with Crippen molar-refractivity contribution in [3.63, 3.8) is 0 Å². The van der Waals surface area contributed by atoms with Crippen LogP contribution in [0.2, 0.25) is 0 Å². The highest BCUT2D eigenvalue weighted by atomic mass is 32.1. The van der Waals surface area contributed by atoms with E-state index in [-0.39, 0.29) is 0 Å². The van der Waals surface area contributed by atoms with Crippen molar-refractivity contribution in [1.82, 2.24) is 0 Å². The number of isothiocyanates is 1. The van der Waals surface area contributed by atoms with E-state index in [9.17, 15) is 0 Å². The van der Waals surface area contributed by atoms with Crippen molar-refractivity contribution in [2.24, 2.45) is 4.99 Å². The van der Waals surface area contributed by atoms with Crippen LogP contribution in [0.3, 0.4) is 0 Å². The molecule has 2 nitrogen and oxygen atoms in total. The first-order valence-electron chi connectivity index (χ1n) is 8.03. The molecule has 0 radical (unpaired) electrons. The Morgan fingerprint density at radius 3 is 2.05 bits per heavy atom. The zero-order chi connectivity index (χ0) is 15.2. The van der Waals surface area contributed by atoms with E-state index in [1.54, 1.807) is 7.11 Å². The van der Waals surface area contributed by atoms with E-state index in [2.05, 4.69) is 34.5 Å². The number of hydrogen-bond acceptors (Lipinski definition) is 3. The number of benzene rings is 1. The molecule has 0 aliphatic heterocycles. The molecule has 0 fully saturated rings. The molecule has 0 atom stereocenters. The molecule has 0 bridgehead atoms. The summed E-state index contributed by atoms with van der Waals surface area (Å²) in [6.45, 7) is 0.853. The lowest BCUT2D eigenvalue weighted by atomic mass is 10.0. The van der Waals surface area contributed by atoms with Crippen LogP contribution in [0.5, 0.6) is 5.75 Å². The van der Waals surface area contributed by atoms with Gasteiger partial charge in [0.25, 0.3) is 0 Å². The maximum absolute atomic E-state index is 5.17. The predicted molar refractivity (Wildman–Crippen MR) is 93.5 cm³/mol. The molecule has 1 rings (SSSR count). The van der Waals surface area contributed by atoms with Gasteiger partial charge in [-0.3, -0.25) is 0 Å². The number of methoxy groups -OCH3 is 1. The highest BCUT2D eigenvalue weighted by Crippen LogP contribution is 2.14. The average Bonchev–Trinajstić information content (AvgIpc) is 2.53. The van der Waals surface area contributed by atoms with Gasteiger partial charge in [0.2, 0.25) is 0 Å². The summed E-state index contributed by atoms with van der Waals surface area (Å²) >= 11 is 4.54. The van der Waals surface area contributed by atoms with Gasteiger partial charge >= 0.3 is 0 Å². The van der Waals surface area contributed by atoms with Gasteiger partial charge in [0.1, 0.15) is 5.75 Å². The molecule has 0 spiro atoms. The lowest BCUT2D eigenvalue weighted by Gasteiger charge is -2.04. The monoisotopic (exact) mass is 305 g/mol. The molecule has 0 saturated carbocycles. The lowest BCUT2D eigenvalue weighted by Crippen LogP contribution is -1.88. The molecule has 0 amide bonds. The lowest BCUT2D eigenvalue weighted by molar-refractivity contribution is 0.414. The molecule has 0 heterocycles. The Bertz CT molecular complexity index is 410. The summed E-state index contributed by atoms with van der Waals surface area (Å²) < 4.78 is 5.17. The van der Waals surface area contributed by atoms with Gasteiger partial charge in [-0.2, -0.15) is 0 Å². The Morgan fingerprint density at radius 2 is 1.48 bits per heavy atom. The second kappa shape index (κ2) is 12.6. The van der Waals surface area contributed by atoms with Crippen molar-refractivity contribution in [3.05, 3.63) is 29.8 Å². The van der Waals surface area contributed by atoms with Crippen LogP contribution in [0.15, 0.2) is 29.3 Å². The number of nitrogens with zero attached hydrogens (tertiary/aromatic N) is 1. The molecule has 3 heteroatoms. The van der Waals surface area contributed by atoms with E-state index in [1.807, 2.05) is 12.1 Å². The van der Waals surface area contributed by atoms with Crippen molar-refractivity contribution < 1.29 is 4.74 Å². The number of thiocarbonyl (C=S) groups is 1. The first-order chi connectivity index (χ1) is 10.4. The summed E-state index contributed by atoms with van der Waals surface area (Å²) in [6, 6.07) is 8.43. The van der Waals surface area contributed by atoms with Gasteiger partial charge in [-0.1, -0.05) is 50.7 Å². The number of aliphatic imine (C=N–C) groups is 1. The summed E-state index contributed by atoms with van der Waals surface area (Å²) in [4.78, 5) is 3.93. The first kappa shape index (κ1) is 17.9. The zero-order valence-corrected chi connectivity index (χ0v) is 14.0. The van der Waals surface area contributed by atoms with Crippen LogP contribution < -0.4 is 4.74 Å². The zero-order valence-electron chi connectivity index (χ0n) is 13.1. The Kier molecular flexibility index (Phi) is 10.7. The predicted octanol–water partition coefficient (Wildman–Crippen LogP) is 5.46. The summed E-state index contributed by atoms with van der Waals surface area (Å²) in [5, 5.41) is 2.41. The molecule has 0 aromatic heterocycles. The third-order valence-corrected chi connectivity index (χ3v) is 3.84. The van der Waals surface area contributed by atoms with Gasteiger partial charge < -0.3 is 4.74 Å². The SMILES string of the molecule is COc1ccc(CCCCCCCCCCN=C=S)cc1. The number of aryl methyl sites for hydroxylation is 1. The minimum absolute atomic E-state index is 0.853. The smallest absolute Gasteiger partial charge is 0.118 e. The quantitative estimate of drug-likeness (QED) is 0.290. The van der Waals surface area contributed by atoms with Gasteiger partial charge in [-0.25, -0.2) is 4.99 Å². The van der Waals surface area contributed by atoms with E-state index < -0.39 is 0 Å². The van der Waals surface area contributed by atoms with Crippen molar-refractivity contribution in [3.8, 4) is 5.75 Å². The molecule has 21 heavy (non-hydrogen) atoms. The fourth-order valence-corrected chi connectivity index (χ4v) is 2.51. The molecule has 1 aromatic rings. The van der Waals surface area contributed by atoms with Crippen LogP contribution in [0, 0.1) is 0 Å². The minimum atomic E-state index is 0.853.